The zero-order valence-corrected chi connectivity index (χ0v) is 16.3. The lowest BCUT2D eigenvalue weighted by atomic mass is 9.89. The molecule has 0 bridgehead atoms. The van der Waals surface area contributed by atoms with Crippen LogP contribution in [-0.4, -0.2) is 63.1 Å². The molecule has 1 amide bonds. The zero-order chi connectivity index (χ0) is 18.7. The summed E-state index contributed by atoms with van der Waals surface area (Å²) >= 11 is 0. The van der Waals surface area contributed by atoms with E-state index in [0.717, 1.165) is 32.4 Å². The molecule has 26 heavy (non-hydrogen) atoms. The van der Waals surface area contributed by atoms with Crippen molar-refractivity contribution in [1.82, 2.24) is 10.2 Å². The van der Waals surface area contributed by atoms with Gasteiger partial charge in [0.1, 0.15) is 6.04 Å². The average molecular weight is 382 g/mol. The normalized spacial score (nSPS) is 26.3. The number of hydrogen-bond donors (Lipinski definition) is 4. The van der Waals surface area contributed by atoms with Gasteiger partial charge in [-0.15, -0.1) is 0 Å². The number of carbonyl (C=O) groups is 1. The van der Waals surface area contributed by atoms with Crippen LogP contribution in [0.5, 0.6) is 0 Å². The lowest BCUT2D eigenvalue weighted by Crippen LogP contribution is -2.60. The lowest BCUT2D eigenvalue weighted by molar-refractivity contribution is -0.134. The van der Waals surface area contributed by atoms with E-state index in [1.807, 2.05) is 4.90 Å². The first-order valence-corrected chi connectivity index (χ1v) is 11.3. The Morgan fingerprint density at radius 3 is 2.58 bits per heavy atom. The van der Waals surface area contributed by atoms with E-state index in [0.29, 0.717) is 18.2 Å². The molecule has 2 aliphatic rings. The fraction of sp³-hybridized carbons (Fsp3) is 0.632. The molecular formula is C19H31N3O3S. The van der Waals surface area contributed by atoms with E-state index < -0.39 is 16.6 Å². The van der Waals surface area contributed by atoms with Gasteiger partial charge in [-0.3, -0.25) is 13.9 Å². The molecule has 0 spiro atoms. The maximum absolute atomic E-state index is 12.7. The first-order valence-electron chi connectivity index (χ1n) is 9.41. The van der Waals surface area contributed by atoms with Crippen LogP contribution in [0.2, 0.25) is 0 Å². The van der Waals surface area contributed by atoms with Crippen molar-refractivity contribution in [2.24, 2.45) is 11.7 Å². The first kappa shape index (κ1) is 19.6. The molecule has 2 saturated heterocycles. The van der Waals surface area contributed by atoms with Gasteiger partial charge in [0, 0.05) is 31.4 Å². The molecule has 3 rings (SSSR count). The Morgan fingerprint density at radius 2 is 1.96 bits per heavy atom. The molecule has 2 unspecified atom stereocenters. The van der Waals surface area contributed by atoms with Crippen LogP contribution in [0, 0.1) is 12.8 Å². The summed E-state index contributed by atoms with van der Waals surface area (Å²) in [5.74, 6) is 1.03. The van der Waals surface area contributed by atoms with Crippen molar-refractivity contribution in [3.05, 3.63) is 35.4 Å². The minimum absolute atomic E-state index is 0.0756. The van der Waals surface area contributed by atoms with Crippen LogP contribution < -0.4 is 11.1 Å². The third kappa shape index (κ3) is 4.98. The van der Waals surface area contributed by atoms with Crippen molar-refractivity contribution in [3.8, 4) is 0 Å². The number of benzene rings is 1. The van der Waals surface area contributed by atoms with E-state index in [1.165, 1.54) is 11.1 Å². The van der Waals surface area contributed by atoms with Crippen LogP contribution in [0.3, 0.4) is 0 Å². The van der Waals surface area contributed by atoms with Crippen molar-refractivity contribution in [2.75, 3.05) is 31.1 Å². The van der Waals surface area contributed by atoms with Gasteiger partial charge in [0.05, 0.1) is 5.75 Å². The van der Waals surface area contributed by atoms with Gasteiger partial charge in [-0.1, -0.05) is 29.8 Å². The number of piperidine rings is 1. The number of rotatable bonds is 4. The Bertz CT molecular complexity index is 615. The average Bonchev–Trinajstić information content (AvgIpc) is 2.62. The van der Waals surface area contributed by atoms with Crippen molar-refractivity contribution in [1.29, 1.82) is 0 Å². The SMILES string of the molecule is Cc1ccc(CC2CCN(C(=O)C(N)C3CS(O)(O)CCN3)CC2)cc1. The summed E-state index contributed by atoms with van der Waals surface area (Å²) in [6.07, 6.45) is 3.03. The van der Waals surface area contributed by atoms with Crippen molar-refractivity contribution in [3.63, 3.8) is 0 Å². The highest BCUT2D eigenvalue weighted by Crippen LogP contribution is 2.40. The Kier molecular flexibility index (Phi) is 6.25. The molecule has 0 aliphatic carbocycles. The predicted molar refractivity (Wildman–Crippen MR) is 107 cm³/mol. The number of nitrogens with two attached hydrogens (primary N) is 1. The predicted octanol–water partition coefficient (Wildman–Crippen LogP) is 1.83. The number of likely N-dealkylation sites (tertiary alicyclic amines) is 1. The molecule has 2 heterocycles. The number of aryl methyl sites for hydroxylation is 1. The monoisotopic (exact) mass is 381 g/mol. The van der Waals surface area contributed by atoms with E-state index in [-0.39, 0.29) is 17.7 Å². The third-order valence-electron chi connectivity index (χ3n) is 5.57. The molecule has 7 heteroatoms. The van der Waals surface area contributed by atoms with Crippen LogP contribution in [0.15, 0.2) is 24.3 Å². The van der Waals surface area contributed by atoms with Crippen LogP contribution in [0.1, 0.15) is 24.0 Å². The smallest absolute Gasteiger partial charge is 0.241 e. The van der Waals surface area contributed by atoms with Gasteiger partial charge in [0.15, 0.2) is 0 Å². The molecule has 0 aromatic heterocycles. The molecule has 6 nitrogen and oxygen atoms in total. The molecule has 146 valence electrons. The van der Waals surface area contributed by atoms with E-state index >= 15 is 0 Å². The highest BCUT2D eigenvalue weighted by Gasteiger charge is 2.35. The second kappa shape index (κ2) is 8.27. The van der Waals surface area contributed by atoms with Gasteiger partial charge in [-0.25, -0.2) is 0 Å². The maximum Gasteiger partial charge on any atom is 0.241 e. The molecule has 2 atom stereocenters. The van der Waals surface area contributed by atoms with E-state index in [1.54, 1.807) is 0 Å². The van der Waals surface area contributed by atoms with Crippen LogP contribution >= 0.6 is 10.6 Å². The zero-order valence-electron chi connectivity index (χ0n) is 15.4. The minimum atomic E-state index is -2.60. The summed E-state index contributed by atoms with van der Waals surface area (Å²) in [5.41, 5.74) is 8.78. The fourth-order valence-electron chi connectivity index (χ4n) is 3.87. The van der Waals surface area contributed by atoms with Gasteiger partial charge >= 0.3 is 0 Å². The standard InChI is InChI=1S/C19H31N3O3S/c1-14-2-4-15(5-3-14)12-16-6-9-22(10-7-16)19(23)18(20)17-13-26(24,25)11-8-21-17/h2-5,16-18,21,24-25H,6-13,20H2,1H3. The lowest BCUT2D eigenvalue weighted by Gasteiger charge is -2.43. The van der Waals surface area contributed by atoms with Gasteiger partial charge in [0.2, 0.25) is 5.91 Å². The topological polar surface area (TPSA) is 98.8 Å². The van der Waals surface area contributed by atoms with E-state index in [2.05, 4.69) is 36.5 Å². The van der Waals surface area contributed by atoms with E-state index in [4.69, 9.17) is 5.73 Å². The number of hydrogen-bond acceptors (Lipinski definition) is 5. The van der Waals surface area contributed by atoms with Crippen molar-refractivity contribution < 1.29 is 13.9 Å². The molecular weight excluding hydrogens is 350 g/mol. The molecule has 5 N–H and O–H groups in total. The third-order valence-corrected chi connectivity index (χ3v) is 7.32. The molecule has 1 aromatic rings. The second-order valence-electron chi connectivity index (χ2n) is 7.72. The van der Waals surface area contributed by atoms with Gasteiger partial charge < -0.3 is 16.0 Å². The quantitative estimate of drug-likeness (QED) is 0.638. The fourth-order valence-corrected chi connectivity index (χ4v) is 5.38. The first-order chi connectivity index (χ1) is 12.3. The summed E-state index contributed by atoms with van der Waals surface area (Å²) in [6, 6.07) is 7.61. The Labute approximate surface area is 157 Å². The number of nitrogens with one attached hydrogen (secondary N) is 1. The molecule has 2 fully saturated rings. The largest absolute Gasteiger partial charge is 0.341 e. The van der Waals surface area contributed by atoms with Crippen molar-refractivity contribution >= 4 is 16.5 Å². The van der Waals surface area contributed by atoms with Crippen molar-refractivity contribution in [2.45, 2.75) is 38.3 Å². The Hall–Kier alpha value is -1.12. The highest BCUT2D eigenvalue weighted by atomic mass is 32.3. The van der Waals surface area contributed by atoms with Gasteiger partial charge in [0.25, 0.3) is 0 Å². The molecule has 2 aliphatic heterocycles. The van der Waals surface area contributed by atoms with Crippen LogP contribution in [0.25, 0.3) is 0 Å². The summed E-state index contributed by atoms with van der Waals surface area (Å²) in [6.45, 7) is 4.04. The molecule has 0 radical (unpaired) electrons. The maximum atomic E-state index is 12.7. The van der Waals surface area contributed by atoms with Gasteiger partial charge in [-0.05, 0) is 37.7 Å². The minimum Gasteiger partial charge on any atom is -0.341 e. The van der Waals surface area contributed by atoms with Crippen LogP contribution in [-0.2, 0) is 11.2 Å². The Morgan fingerprint density at radius 1 is 1.31 bits per heavy atom. The summed E-state index contributed by atoms with van der Waals surface area (Å²) in [5, 5.41) is 3.17. The van der Waals surface area contributed by atoms with Gasteiger partial charge in [-0.2, -0.15) is 10.6 Å². The summed E-state index contributed by atoms with van der Waals surface area (Å²) in [4.78, 5) is 14.6. The molecule has 1 aromatic carbocycles. The highest BCUT2D eigenvalue weighted by molar-refractivity contribution is 8.24. The summed E-state index contributed by atoms with van der Waals surface area (Å²) < 4.78 is 19.8. The Balaban J connectivity index is 1.49. The number of nitrogens with zero attached hydrogens (tertiary/aromatic N) is 1. The number of amides is 1. The summed E-state index contributed by atoms with van der Waals surface area (Å²) in [7, 11) is -2.60. The second-order valence-corrected chi connectivity index (χ2v) is 10.1. The van der Waals surface area contributed by atoms with Crippen LogP contribution in [0.4, 0.5) is 0 Å². The number of carbonyl (C=O) groups excluding carboxylic acids is 1. The van der Waals surface area contributed by atoms with E-state index in [9.17, 15) is 13.9 Å². The molecule has 0 saturated carbocycles.